The first kappa shape index (κ1) is 13.7. The monoisotopic (exact) mass is 276 g/mol. The molecule has 0 saturated carbocycles. The van der Waals surface area contributed by atoms with Crippen LogP contribution >= 0.6 is 11.8 Å². The van der Waals surface area contributed by atoms with Gasteiger partial charge in [0.25, 0.3) is 0 Å². The first-order chi connectivity index (χ1) is 9.18. The van der Waals surface area contributed by atoms with Gasteiger partial charge in [-0.3, -0.25) is 4.79 Å². The van der Waals surface area contributed by atoms with Gasteiger partial charge in [-0.15, -0.1) is 16.2 Å². The van der Waals surface area contributed by atoms with Gasteiger partial charge in [-0.2, -0.15) is 4.57 Å². The maximum atomic E-state index is 14.0. The van der Waals surface area contributed by atoms with E-state index in [9.17, 15) is 9.18 Å². The smallest absolute Gasteiger partial charge is 0.294 e. The first-order valence-electron chi connectivity index (χ1n) is 6.05. The summed E-state index contributed by atoms with van der Waals surface area (Å²) in [5.41, 5.74) is 0.146. The average molecular weight is 276 g/mol. The third-order valence-corrected chi connectivity index (χ3v) is 3.72. The zero-order valence-electron chi connectivity index (χ0n) is 10.7. The summed E-state index contributed by atoms with van der Waals surface area (Å²) < 4.78 is 15.5. The van der Waals surface area contributed by atoms with Gasteiger partial charge in [-0.1, -0.05) is 18.2 Å². The van der Waals surface area contributed by atoms with E-state index in [1.54, 1.807) is 24.0 Å². The minimum Gasteiger partial charge on any atom is -0.294 e. The van der Waals surface area contributed by atoms with Crippen LogP contribution in [0.15, 0.2) is 53.6 Å². The number of hydrogen-bond donors (Lipinski definition) is 0. The number of aryl methyl sites for hydroxylation is 1. The largest absolute Gasteiger partial charge is 0.370 e. The number of ketones is 1. The van der Waals surface area contributed by atoms with Crippen molar-refractivity contribution in [2.75, 3.05) is 5.75 Å². The molecule has 98 valence electrons. The number of halogens is 1. The molecule has 0 aliphatic carbocycles. The summed E-state index contributed by atoms with van der Waals surface area (Å²) in [6.45, 7) is 1.91. The van der Waals surface area contributed by atoms with Crippen molar-refractivity contribution in [2.24, 2.45) is 0 Å². The van der Waals surface area contributed by atoms with Crippen LogP contribution in [-0.2, 0) is 6.54 Å². The Hall–Kier alpha value is -1.68. The molecule has 1 aromatic carbocycles. The second-order valence-corrected chi connectivity index (χ2v) is 5.29. The summed E-state index contributed by atoms with van der Waals surface area (Å²) in [6.07, 6.45) is 1.66. The number of pyridine rings is 1. The highest BCUT2D eigenvalue weighted by molar-refractivity contribution is 7.99. The van der Waals surface area contributed by atoms with E-state index in [-0.39, 0.29) is 11.3 Å². The zero-order chi connectivity index (χ0) is 13.7. The van der Waals surface area contributed by atoms with Gasteiger partial charge in [-0.05, 0) is 25.1 Å². The molecule has 2 nitrogen and oxygen atoms in total. The van der Waals surface area contributed by atoms with Crippen molar-refractivity contribution in [2.45, 2.75) is 18.4 Å². The topological polar surface area (TPSA) is 20.9 Å². The van der Waals surface area contributed by atoms with E-state index in [1.807, 2.05) is 30.3 Å². The number of Topliss-reactive ketones (excluding diaryl/α,β-unsaturated/α-hetero) is 1. The second-order valence-electron chi connectivity index (χ2n) is 4.12. The number of carbonyl (C=O) groups excluding carboxylic acids is 1. The summed E-state index contributed by atoms with van der Waals surface area (Å²) in [4.78, 5) is 12.4. The molecule has 0 atom stereocenters. The fourth-order valence-electron chi connectivity index (χ4n) is 1.75. The average Bonchev–Trinajstić information content (AvgIpc) is 2.41. The van der Waals surface area contributed by atoms with Gasteiger partial charge in [0.05, 0.1) is 5.75 Å². The molecule has 1 aromatic heterocycles. The van der Waals surface area contributed by atoms with Gasteiger partial charge < -0.3 is 0 Å². The zero-order valence-corrected chi connectivity index (χ0v) is 11.5. The van der Waals surface area contributed by atoms with Crippen LogP contribution in [0.1, 0.15) is 17.3 Å². The normalized spacial score (nSPS) is 10.4. The van der Waals surface area contributed by atoms with Crippen LogP contribution in [0, 0.1) is 5.95 Å². The fraction of sp³-hybridized carbons (Fsp3) is 0.200. The minimum atomic E-state index is -0.455. The van der Waals surface area contributed by atoms with Crippen LogP contribution in [0.25, 0.3) is 0 Å². The van der Waals surface area contributed by atoms with E-state index in [4.69, 9.17) is 0 Å². The molecule has 0 saturated heterocycles. The number of hydrogen-bond acceptors (Lipinski definition) is 2. The molecule has 2 rings (SSSR count). The van der Waals surface area contributed by atoms with Crippen molar-refractivity contribution in [3.63, 3.8) is 0 Å². The summed E-state index contributed by atoms with van der Waals surface area (Å²) in [6, 6.07) is 13.2. The van der Waals surface area contributed by atoms with Crippen molar-refractivity contribution in [3.05, 3.63) is 60.2 Å². The second kappa shape index (κ2) is 6.48. The van der Waals surface area contributed by atoms with Gasteiger partial charge in [0.1, 0.15) is 5.56 Å². The minimum absolute atomic E-state index is 0.146. The number of aromatic nitrogens is 1. The van der Waals surface area contributed by atoms with Crippen LogP contribution < -0.4 is 4.57 Å². The lowest BCUT2D eigenvalue weighted by molar-refractivity contribution is -0.719. The van der Waals surface area contributed by atoms with Gasteiger partial charge in [-0.25, -0.2) is 0 Å². The van der Waals surface area contributed by atoms with Gasteiger partial charge in [0.2, 0.25) is 0 Å². The van der Waals surface area contributed by atoms with E-state index in [1.165, 1.54) is 17.6 Å². The predicted molar refractivity (Wildman–Crippen MR) is 73.8 cm³/mol. The highest BCUT2D eigenvalue weighted by atomic mass is 32.2. The molecular formula is C15H15FNOS+. The van der Waals surface area contributed by atoms with Crippen molar-refractivity contribution in [1.29, 1.82) is 0 Å². The number of benzene rings is 1. The van der Waals surface area contributed by atoms with Crippen molar-refractivity contribution >= 4 is 17.5 Å². The molecule has 0 unspecified atom stereocenters. The molecule has 0 amide bonds. The summed E-state index contributed by atoms with van der Waals surface area (Å²) in [5, 5.41) is 0. The summed E-state index contributed by atoms with van der Waals surface area (Å²) >= 11 is 1.67. The Kier molecular flexibility index (Phi) is 4.68. The van der Waals surface area contributed by atoms with Crippen LogP contribution in [-0.4, -0.2) is 11.5 Å². The van der Waals surface area contributed by atoms with Crippen molar-refractivity contribution < 1.29 is 13.8 Å². The number of rotatable bonds is 5. The third-order valence-electron chi connectivity index (χ3n) is 2.73. The standard InChI is InChI=1S/C15H15FNOS/c1-12(18)14-8-5-9-17(15(14)16)10-11-19-13-6-3-2-4-7-13/h2-9H,10-11H2,1H3/q+1. The number of nitrogens with zero attached hydrogens (tertiary/aromatic N) is 1. The Morgan fingerprint density at radius 3 is 2.63 bits per heavy atom. The molecule has 0 aliphatic rings. The quantitative estimate of drug-likeness (QED) is 0.362. The maximum absolute atomic E-state index is 14.0. The first-order valence-corrected chi connectivity index (χ1v) is 7.04. The summed E-state index contributed by atoms with van der Waals surface area (Å²) in [7, 11) is 0. The van der Waals surface area contributed by atoms with E-state index in [0.717, 1.165) is 10.6 Å². The van der Waals surface area contributed by atoms with Crippen molar-refractivity contribution in [3.8, 4) is 0 Å². The maximum Gasteiger partial charge on any atom is 0.370 e. The highest BCUT2D eigenvalue weighted by Gasteiger charge is 2.18. The fourth-order valence-corrected chi connectivity index (χ4v) is 2.62. The van der Waals surface area contributed by atoms with Crippen LogP contribution in [0.5, 0.6) is 0 Å². The van der Waals surface area contributed by atoms with Gasteiger partial charge in [0.15, 0.2) is 18.5 Å². The van der Waals surface area contributed by atoms with Crippen LogP contribution in [0.4, 0.5) is 4.39 Å². The lowest BCUT2D eigenvalue weighted by atomic mass is 10.2. The van der Waals surface area contributed by atoms with E-state index in [0.29, 0.717) is 6.54 Å². The highest BCUT2D eigenvalue weighted by Crippen LogP contribution is 2.16. The molecule has 0 radical (unpaired) electrons. The predicted octanol–water partition coefficient (Wildman–Crippen LogP) is 3.11. The molecule has 2 aromatic rings. The Labute approximate surface area is 116 Å². The Balaban J connectivity index is 2.00. The molecule has 4 heteroatoms. The van der Waals surface area contributed by atoms with Gasteiger partial charge >= 0.3 is 5.95 Å². The molecular weight excluding hydrogens is 261 g/mol. The van der Waals surface area contributed by atoms with E-state index < -0.39 is 5.95 Å². The lowest BCUT2D eigenvalue weighted by Crippen LogP contribution is -2.40. The molecule has 0 aliphatic heterocycles. The SMILES string of the molecule is CC(=O)c1ccc[n+](CCSc2ccccc2)c1F. The van der Waals surface area contributed by atoms with E-state index >= 15 is 0 Å². The third kappa shape index (κ3) is 3.64. The Bertz CT molecular complexity index is 572. The number of thioether (sulfide) groups is 1. The molecule has 0 spiro atoms. The van der Waals surface area contributed by atoms with Crippen molar-refractivity contribution in [1.82, 2.24) is 0 Å². The lowest BCUT2D eigenvalue weighted by Gasteiger charge is -2.01. The molecule has 1 heterocycles. The number of carbonyl (C=O) groups is 1. The molecule has 0 N–H and O–H groups in total. The Morgan fingerprint density at radius 2 is 1.95 bits per heavy atom. The van der Waals surface area contributed by atoms with Crippen LogP contribution in [0.2, 0.25) is 0 Å². The Morgan fingerprint density at radius 1 is 1.21 bits per heavy atom. The molecule has 19 heavy (non-hydrogen) atoms. The molecule has 0 fully saturated rings. The van der Waals surface area contributed by atoms with E-state index in [2.05, 4.69) is 0 Å². The summed E-state index contributed by atoms with van der Waals surface area (Å²) in [5.74, 6) is 0.0543. The van der Waals surface area contributed by atoms with Gasteiger partial charge in [0, 0.05) is 11.0 Å². The van der Waals surface area contributed by atoms with Crippen LogP contribution in [0.3, 0.4) is 0 Å². The molecule has 0 bridgehead atoms.